The van der Waals surface area contributed by atoms with E-state index in [0.717, 1.165) is 11.3 Å². The zero-order valence-corrected chi connectivity index (χ0v) is 13.3. The molecular formula is C10H17ClN2O4S2. The number of thiophene rings is 1. The Morgan fingerprint density at radius 2 is 2.05 bits per heavy atom. The van der Waals surface area contributed by atoms with E-state index in [4.69, 9.17) is 0 Å². The molecule has 0 atom stereocenters. The zero-order chi connectivity index (χ0) is 13.8. The summed E-state index contributed by atoms with van der Waals surface area (Å²) in [7, 11) is -0.735. The lowest BCUT2D eigenvalue weighted by Gasteiger charge is -2.08. The number of methoxy groups -OCH3 is 1. The summed E-state index contributed by atoms with van der Waals surface area (Å²) >= 11 is 1.07. The molecule has 1 aromatic heterocycles. The summed E-state index contributed by atoms with van der Waals surface area (Å²) in [6.45, 7) is 2.42. The molecule has 9 heteroatoms. The van der Waals surface area contributed by atoms with Gasteiger partial charge in [-0.2, -0.15) is 0 Å². The number of hydrogen-bond acceptors (Lipinski definition) is 6. The van der Waals surface area contributed by atoms with Gasteiger partial charge in [0.2, 0.25) is 10.0 Å². The second-order valence-corrected chi connectivity index (χ2v) is 6.15. The summed E-state index contributed by atoms with van der Waals surface area (Å²) in [6.07, 6.45) is 0. The maximum Gasteiger partial charge on any atom is 0.349 e. The van der Waals surface area contributed by atoms with Crippen LogP contribution in [-0.4, -0.2) is 41.6 Å². The van der Waals surface area contributed by atoms with Crippen LogP contribution in [0, 0.1) is 6.92 Å². The first-order chi connectivity index (χ1) is 8.44. The minimum atomic E-state index is -3.69. The Hall–Kier alpha value is -0.670. The van der Waals surface area contributed by atoms with Crippen molar-refractivity contribution < 1.29 is 17.9 Å². The lowest BCUT2D eigenvalue weighted by molar-refractivity contribution is 0.0602. The molecule has 110 valence electrons. The Balaban J connectivity index is 0.00000324. The lowest BCUT2D eigenvalue weighted by atomic mass is 10.3. The largest absolute Gasteiger partial charge is 0.465 e. The van der Waals surface area contributed by atoms with Crippen molar-refractivity contribution >= 4 is 39.7 Å². The number of aryl methyl sites for hydroxylation is 1. The molecule has 1 rings (SSSR count). The van der Waals surface area contributed by atoms with Crippen LogP contribution >= 0.6 is 23.7 Å². The van der Waals surface area contributed by atoms with Gasteiger partial charge in [0.05, 0.1) is 7.11 Å². The van der Waals surface area contributed by atoms with Gasteiger partial charge in [0.15, 0.2) is 0 Å². The van der Waals surface area contributed by atoms with Gasteiger partial charge in [-0.05, 0) is 24.9 Å². The number of rotatable bonds is 6. The minimum absolute atomic E-state index is 0. The van der Waals surface area contributed by atoms with Gasteiger partial charge < -0.3 is 10.1 Å². The van der Waals surface area contributed by atoms with Gasteiger partial charge in [-0.1, -0.05) is 0 Å². The SMILES string of the molecule is CNCCNS(=O)(=O)c1c(C)csc1C(=O)OC.Cl. The zero-order valence-electron chi connectivity index (χ0n) is 10.8. The second kappa shape index (κ2) is 7.81. The van der Waals surface area contributed by atoms with Crippen LogP contribution in [0.4, 0.5) is 0 Å². The van der Waals surface area contributed by atoms with Gasteiger partial charge in [0, 0.05) is 13.1 Å². The van der Waals surface area contributed by atoms with E-state index in [1.165, 1.54) is 7.11 Å². The number of esters is 1. The van der Waals surface area contributed by atoms with Gasteiger partial charge in [-0.15, -0.1) is 23.7 Å². The quantitative estimate of drug-likeness (QED) is 0.595. The molecule has 19 heavy (non-hydrogen) atoms. The Morgan fingerprint density at radius 1 is 1.42 bits per heavy atom. The van der Waals surface area contributed by atoms with Crippen LogP contribution in [0.25, 0.3) is 0 Å². The van der Waals surface area contributed by atoms with E-state index in [9.17, 15) is 13.2 Å². The Morgan fingerprint density at radius 3 is 2.58 bits per heavy atom. The number of hydrogen-bond donors (Lipinski definition) is 2. The van der Waals surface area contributed by atoms with E-state index in [-0.39, 0.29) is 28.7 Å². The molecule has 0 saturated heterocycles. The molecule has 2 N–H and O–H groups in total. The van der Waals surface area contributed by atoms with Gasteiger partial charge in [-0.25, -0.2) is 17.9 Å². The van der Waals surface area contributed by atoms with Crippen molar-refractivity contribution in [3.05, 3.63) is 15.8 Å². The predicted octanol–water partition coefficient (Wildman–Crippen LogP) is 0.763. The summed E-state index contributed by atoms with van der Waals surface area (Å²) < 4.78 is 31.2. The maximum absolute atomic E-state index is 12.1. The van der Waals surface area contributed by atoms with Gasteiger partial charge in [0.1, 0.15) is 9.77 Å². The highest BCUT2D eigenvalue weighted by Crippen LogP contribution is 2.27. The van der Waals surface area contributed by atoms with E-state index >= 15 is 0 Å². The number of carbonyl (C=O) groups excluding carboxylic acids is 1. The number of ether oxygens (including phenoxy) is 1. The maximum atomic E-state index is 12.1. The van der Waals surface area contributed by atoms with Crippen molar-refractivity contribution in [2.45, 2.75) is 11.8 Å². The highest BCUT2D eigenvalue weighted by Gasteiger charge is 2.26. The topological polar surface area (TPSA) is 84.5 Å². The summed E-state index contributed by atoms with van der Waals surface area (Å²) in [5.74, 6) is -0.637. The molecule has 0 aromatic carbocycles. The monoisotopic (exact) mass is 328 g/mol. The van der Waals surface area contributed by atoms with Crippen LogP contribution < -0.4 is 10.0 Å². The molecular weight excluding hydrogens is 312 g/mol. The van der Waals surface area contributed by atoms with Crippen molar-refractivity contribution in [2.75, 3.05) is 27.2 Å². The molecule has 0 aliphatic carbocycles. The highest BCUT2D eigenvalue weighted by molar-refractivity contribution is 7.89. The van der Waals surface area contributed by atoms with Crippen molar-refractivity contribution in [3.8, 4) is 0 Å². The summed E-state index contributed by atoms with van der Waals surface area (Å²) in [4.78, 5) is 11.6. The van der Waals surface area contributed by atoms with Crippen molar-refractivity contribution in [2.24, 2.45) is 0 Å². The van der Waals surface area contributed by atoms with Gasteiger partial charge in [-0.3, -0.25) is 0 Å². The third kappa shape index (κ3) is 4.43. The molecule has 0 bridgehead atoms. The molecule has 0 spiro atoms. The highest BCUT2D eigenvalue weighted by atomic mass is 35.5. The van der Waals surface area contributed by atoms with Crippen LogP contribution in [0.2, 0.25) is 0 Å². The molecule has 0 fully saturated rings. The standard InChI is InChI=1S/C10H16N2O4S2.ClH/c1-7-6-17-8(10(13)16-3)9(7)18(14,15)12-5-4-11-2;/h6,11-12H,4-5H2,1-3H3;1H. The fraction of sp³-hybridized carbons (Fsp3) is 0.500. The Labute approximate surface area is 123 Å². The van der Waals surface area contributed by atoms with E-state index in [1.54, 1.807) is 19.4 Å². The van der Waals surface area contributed by atoms with Crippen LogP contribution in [0.5, 0.6) is 0 Å². The average molecular weight is 329 g/mol. The smallest absolute Gasteiger partial charge is 0.349 e. The number of likely N-dealkylation sites (N-methyl/N-ethyl adjacent to an activating group) is 1. The van der Waals surface area contributed by atoms with E-state index in [2.05, 4.69) is 14.8 Å². The molecule has 0 amide bonds. The molecule has 0 aliphatic rings. The third-order valence-electron chi connectivity index (χ3n) is 2.22. The van der Waals surface area contributed by atoms with Crippen LogP contribution in [0.15, 0.2) is 10.3 Å². The number of carbonyl (C=O) groups is 1. The van der Waals surface area contributed by atoms with Crippen molar-refractivity contribution in [3.63, 3.8) is 0 Å². The van der Waals surface area contributed by atoms with E-state index in [1.807, 2.05) is 0 Å². The first-order valence-electron chi connectivity index (χ1n) is 5.24. The first-order valence-corrected chi connectivity index (χ1v) is 7.61. The molecule has 0 saturated carbocycles. The van der Waals surface area contributed by atoms with Crippen LogP contribution in [-0.2, 0) is 14.8 Å². The van der Waals surface area contributed by atoms with Gasteiger partial charge >= 0.3 is 5.97 Å². The molecule has 0 aliphatic heterocycles. The fourth-order valence-electron chi connectivity index (χ4n) is 1.38. The van der Waals surface area contributed by atoms with Crippen LogP contribution in [0.1, 0.15) is 15.2 Å². The minimum Gasteiger partial charge on any atom is -0.465 e. The van der Waals surface area contributed by atoms with Crippen LogP contribution in [0.3, 0.4) is 0 Å². The number of sulfonamides is 1. The summed E-state index contributed by atoms with van der Waals surface area (Å²) in [5.41, 5.74) is 0.539. The second-order valence-electron chi connectivity index (χ2n) is 3.57. The fourth-order valence-corrected chi connectivity index (χ4v) is 4.12. The Bertz CT molecular complexity index is 528. The molecule has 1 heterocycles. The van der Waals surface area contributed by atoms with Crippen molar-refractivity contribution in [1.82, 2.24) is 10.0 Å². The van der Waals surface area contributed by atoms with Crippen molar-refractivity contribution in [1.29, 1.82) is 0 Å². The average Bonchev–Trinajstić information content (AvgIpc) is 2.71. The predicted molar refractivity (Wildman–Crippen MR) is 76.8 cm³/mol. The number of halogens is 1. The molecule has 0 radical (unpaired) electrons. The molecule has 0 unspecified atom stereocenters. The first kappa shape index (κ1) is 18.3. The third-order valence-corrected chi connectivity index (χ3v) is 5.08. The molecule has 1 aromatic rings. The normalized spacial score (nSPS) is 10.9. The van der Waals surface area contributed by atoms with E-state index in [0.29, 0.717) is 12.1 Å². The number of nitrogens with one attached hydrogen (secondary N) is 2. The van der Waals surface area contributed by atoms with Gasteiger partial charge in [0.25, 0.3) is 0 Å². The summed E-state index contributed by atoms with van der Waals surface area (Å²) in [6, 6.07) is 0. The lowest BCUT2D eigenvalue weighted by Crippen LogP contribution is -2.31. The molecule has 6 nitrogen and oxygen atoms in total. The Kier molecular flexibility index (Phi) is 7.53. The van der Waals surface area contributed by atoms with E-state index < -0.39 is 16.0 Å². The summed E-state index contributed by atoms with van der Waals surface area (Å²) in [5, 5.41) is 4.46.